The van der Waals surface area contributed by atoms with Crippen molar-refractivity contribution in [3.05, 3.63) is 11.1 Å². The van der Waals surface area contributed by atoms with E-state index in [0.29, 0.717) is 16.9 Å². The van der Waals surface area contributed by atoms with Crippen LogP contribution in [0.25, 0.3) is 0 Å². The van der Waals surface area contributed by atoms with Crippen LogP contribution in [0.3, 0.4) is 0 Å². The first-order valence-corrected chi connectivity index (χ1v) is 5.99. The van der Waals surface area contributed by atoms with Gasteiger partial charge in [0, 0.05) is 25.7 Å². The molecule has 0 radical (unpaired) electrons. The predicted molar refractivity (Wildman–Crippen MR) is 64.9 cm³/mol. The molecule has 2 heteroatoms. The second kappa shape index (κ2) is 3.33. The molecule has 0 aromatic heterocycles. The van der Waals surface area contributed by atoms with Crippen LogP contribution >= 0.6 is 0 Å². The Morgan fingerprint density at radius 2 is 1.80 bits per heavy atom. The zero-order valence-corrected chi connectivity index (χ0v) is 10.7. The topological polar surface area (TPSA) is 24.1 Å². The van der Waals surface area contributed by atoms with E-state index in [2.05, 4.69) is 45.3 Å². The zero-order valence-electron chi connectivity index (χ0n) is 10.7. The number of hydrogen-bond acceptors (Lipinski definition) is 2. The van der Waals surface area contributed by atoms with Crippen molar-refractivity contribution in [1.82, 2.24) is 10.6 Å². The third kappa shape index (κ3) is 1.64. The summed E-state index contributed by atoms with van der Waals surface area (Å²) in [4.78, 5) is 0. The summed E-state index contributed by atoms with van der Waals surface area (Å²) in [6.07, 6.45) is 0. The van der Waals surface area contributed by atoms with Crippen molar-refractivity contribution in [3.8, 4) is 0 Å². The van der Waals surface area contributed by atoms with E-state index in [4.69, 9.17) is 0 Å². The molecule has 0 bridgehead atoms. The van der Waals surface area contributed by atoms with Gasteiger partial charge < -0.3 is 10.6 Å². The van der Waals surface area contributed by atoms with Gasteiger partial charge in [-0.05, 0) is 23.3 Å². The molecule has 0 atom stereocenters. The molecule has 0 amide bonds. The van der Waals surface area contributed by atoms with Crippen molar-refractivity contribution in [2.75, 3.05) is 19.6 Å². The van der Waals surface area contributed by atoms with Gasteiger partial charge in [-0.25, -0.2) is 0 Å². The van der Waals surface area contributed by atoms with Gasteiger partial charge in [0.15, 0.2) is 0 Å². The Hall–Kier alpha value is -0.340. The third-order valence-corrected chi connectivity index (χ3v) is 4.87. The van der Waals surface area contributed by atoms with E-state index in [9.17, 15) is 0 Å². The van der Waals surface area contributed by atoms with Gasteiger partial charge in [-0.2, -0.15) is 0 Å². The van der Waals surface area contributed by atoms with Crippen LogP contribution in [0.15, 0.2) is 11.1 Å². The quantitative estimate of drug-likeness (QED) is 0.693. The molecule has 1 saturated carbocycles. The smallest absolute Gasteiger partial charge is 0.0184 e. The highest BCUT2D eigenvalue weighted by atomic mass is 15.0. The lowest BCUT2D eigenvalue weighted by Crippen LogP contribution is -2.36. The molecule has 2 N–H and O–H groups in total. The summed E-state index contributed by atoms with van der Waals surface area (Å²) >= 11 is 0. The van der Waals surface area contributed by atoms with Crippen molar-refractivity contribution in [1.29, 1.82) is 0 Å². The van der Waals surface area contributed by atoms with Crippen molar-refractivity contribution in [2.24, 2.45) is 10.8 Å². The van der Waals surface area contributed by atoms with Crippen LogP contribution < -0.4 is 10.6 Å². The molecule has 1 aliphatic heterocycles. The van der Waals surface area contributed by atoms with Gasteiger partial charge in [0.1, 0.15) is 0 Å². The molecule has 2 nitrogen and oxygen atoms in total. The third-order valence-electron chi connectivity index (χ3n) is 4.87. The molecule has 2 rings (SSSR count). The molecule has 0 aromatic rings. The SMILES string of the molecule is CC(CNC1C(C)(C)C1(C)C)=C1CNC1. The van der Waals surface area contributed by atoms with E-state index in [1.54, 1.807) is 5.57 Å². The lowest BCUT2D eigenvalue weighted by molar-refractivity contribution is 0.457. The van der Waals surface area contributed by atoms with Gasteiger partial charge in [0.05, 0.1) is 0 Å². The summed E-state index contributed by atoms with van der Waals surface area (Å²) in [7, 11) is 0. The first kappa shape index (κ1) is 11.2. The standard InChI is InChI=1S/C13H24N2/c1-9(10-7-14-8-10)6-15-11-12(2,3)13(11,4)5/h11,14-15H,6-8H2,1-5H3. The van der Waals surface area contributed by atoms with Crippen molar-refractivity contribution in [2.45, 2.75) is 40.7 Å². The Balaban J connectivity index is 1.86. The Labute approximate surface area is 93.5 Å². The molecular formula is C13H24N2. The van der Waals surface area contributed by atoms with Crippen LogP contribution in [0, 0.1) is 10.8 Å². The molecule has 2 fully saturated rings. The highest BCUT2D eigenvalue weighted by molar-refractivity contribution is 5.24. The van der Waals surface area contributed by atoms with E-state index >= 15 is 0 Å². The minimum absolute atomic E-state index is 0.454. The van der Waals surface area contributed by atoms with Crippen LogP contribution in [0.1, 0.15) is 34.6 Å². The molecule has 1 saturated heterocycles. The summed E-state index contributed by atoms with van der Waals surface area (Å²) in [6.45, 7) is 15.0. The second-order valence-electron chi connectivity index (χ2n) is 6.24. The predicted octanol–water partition coefficient (Wildman–Crippen LogP) is 1.93. The molecule has 15 heavy (non-hydrogen) atoms. The second-order valence-corrected chi connectivity index (χ2v) is 6.24. The minimum Gasteiger partial charge on any atom is -0.309 e. The number of nitrogens with one attached hydrogen (secondary N) is 2. The highest BCUT2D eigenvalue weighted by Crippen LogP contribution is 2.62. The largest absolute Gasteiger partial charge is 0.309 e. The Morgan fingerprint density at radius 3 is 2.13 bits per heavy atom. The summed E-state index contributed by atoms with van der Waals surface area (Å²) in [6, 6.07) is 0.675. The fraction of sp³-hybridized carbons (Fsp3) is 0.846. The highest BCUT2D eigenvalue weighted by Gasteiger charge is 2.64. The van der Waals surface area contributed by atoms with Crippen LogP contribution in [0.5, 0.6) is 0 Å². The summed E-state index contributed by atoms with van der Waals surface area (Å²) < 4.78 is 0. The van der Waals surface area contributed by atoms with Gasteiger partial charge in [0.2, 0.25) is 0 Å². The van der Waals surface area contributed by atoms with Crippen LogP contribution in [0.2, 0.25) is 0 Å². The molecule has 0 aromatic carbocycles. The fourth-order valence-electron chi connectivity index (χ4n) is 2.64. The first-order chi connectivity index (χ1) is 6.87. The summed E-state index contributed by atoms with van der Waals surface area (Å²) in [5.41, 5.74) is 4.04. The lowest BCUT2D eigenvalue weighted by Gasteiger charge is -2.22. The van der Waals surface area contributed by atoms with Gasteiger partial charge in [-0.3, -0.25) is 0 Å². The van der Waals surface area contributed by atoms with Crippen LogP contribution in [0.4, 0.5) is 0 Å². The monoisotopic (exact) mass is 208 g/mol. The van der Waals surface area contributed by atoms with E-state index in [-0.39, 0.29) is 0 Å². The molecule has 2 aliphatic rings. The van der Waals surface area contributed by atoms with Crippen molar-refractivity contribution in [3.63, 3.8) is 0 Å². The molecule has 1 heterocycles. The Kier molecular flexibility index (Phi) is 2.47. The molecule has 0 unspecified atom stereocenters. The van der Waals surface area contributed by atoms with Crippen LogP contribution in [-0.4, -0.2) is 25.7 Å². The van der Waals surface area contributed by atoms with E-state index in [1.807, 2.05) is 0 Å². The number of rotatable bonds is 3. The Morgan fingerprint density at radius 1 is 1.27 bits per heavy atom. The fourth-order valence-corrected chi connectivity index (χ4v) is 2.64. The van der Waals surface area contributed by atoms with Gasteiger partial charge in [0.25, 0.3) is 0 Å². The van der Waals surface area contributed by atoms with Gasteiger partial charge >= 0.3 is 0 Å². The maximum absolute atomic E-state index is 3.70. The minimum atomic E-state index is 0.454. The molecule has 86 valence electrons. The van der Waals surface area contributed by atoms with Crippen molar-refractivity contribution >= 4 is 0 Å². The van der Waals surface area contributed by atoms with Crippen LogP contribution in [-0.2, 0) is 0 Å². The lowest BCUT2D eigenvalue weighted by atomic mass is 10.0. The maximum atomic E-state index is 3.70. The molecule has 1 aliphatic carbocycles. The molecular weight excluding hydrogens is 184 g/mol. The summed E-state index contributed by atoms with van der Waals surface area (Å²) in [5, 5.41) is 6.99. The van der Waals surface area contributed by atoms with E-state index < -0.39 is 0 Å². The van der Waals surface area contributed by atoms with E-state index in [0.717, 1.165) is 19.6 Å². The number of hydrogen-bond donors (Lipinski definition) is 2. The average molecular weight is 208 g/mol. The normalized spacial score (nSPS) is 27.4. The molecule has 0 spiro atoms. The zero-order chi connectivity index (χ0) is 11.3. The van der Waals surface area contributed by atoms with Gasteiger partial charge in [-0.15, -0.1) is 0 Å². The van der Waals surface area contributed by atoms with Crippen molar-refractivity contribution < 1.29 is 0 Å². The maximum Gasteiger partial charge on any atom is 0.0184 e. The first-order valence-electron chi connectivity index (χ1n) is 5.99. The summed E-state index contributed by atoms with van der Waals surface area (Å²) in [5.74, 6) is 0. The average Bonchev–Trinajstić information content (AvgIpc) is 2.36. The van der Waals surface area contributed by atoms with E-state index in [1.165, 1.54) is 5.57 Å². The van der Waals surface area contributed by atoms with Gasteiger partial charge in [-0.1, -0.05) is 33.3 Å². The Bertz CT molecular complexity index is 280.